The van der Waals surface area contributed by atoms with Gasteiger partial charge in [0.1, 0.15) is 0 Å². The molecule has 15 aliphatic heterocycles. The van der Waals surface area contributed by atoms with Gasteiger partial charge in [0.2, 0.25) is 0 Å². The highest BCUT2D eigenvalue weighted by Crippen LogP contribution is 3.08. The Morgan fingerprint density at radius 3 is 1.02 bits per heavy atom. The maximum Gasteiger partial charge on any atom is 0.0870 e. The van der Waals surface area contributed by atoms with E-state index in [0.29, 0.717) is 85.9 Å². The Balaban J connectivity index is 0.000000105. The first-order chi connectivity index (χ1) is 61.4. The van der Waals surface area contributed by atoms with Crippen molar-refractivity contribution in [1.29, 1.82) is 0 Å². The number of ether oxygens (including phenoxy) is 6. The van der Waals surface area contributed by atoms with Gasteiger partial charge in [0, 0.05) is 19.3 Å². The molecule has 0 aromatic rings. The lowest BCUT2D eigenvalue weighted by Crippen LogP contribution is -3.07. The first kappa shape index (κ1) is 104. The molecule has 0 spiro atoms. The van der Waals surface area contributed by atoms with Gasteiger partial charge < -0.3 is 33.3 Å². The van der Waals surface area contributed by atoms with Gasteiger partial charge in [0.15, 0.2) is 0 Å². The van der Waals surface area contributed by atoms with Gasteiger partial charge >= 0.3 is 0 Å². The van der Waals surface area contributed by atoms with Crippen molar-refractivity contribution in [3.05, 3.63) is 0 Å². The zero-order chi connectivity index (χ0) is 94.2. The Hall–Kier alpha value is -0.280. The SMILES string of the molecule is CC(C)(C)C12C3C4C5C3C1C5C42.CC(C)(C)C12CC3CC(O1)C(C2)O3.CC(C)(C)C12CCCC(CC1)CC2.CC(C)(C)C12CCCC(CC1)O2.CC(C)(C)C12CCCC(CCC1)C2.CC(C)(C)C12CCCC(CCC1)O2.CC(C)C12CCC(CC1)CC2.CC(C)C12CCC(CC1)CO2.CC(C)C12CCC(CC1)OC2.CC(C)C12CCCC(CC1)C2.CC(C)C12CCN(CC1)CC2. The van der Waals surface area contributed by atoms with Crippen molar-refractivity contribution in [2.75, 3.05) is 32.8 Å². The average Bonchev–Trinajstić information content (AvgIpc) is 0.969. The lowest BCUT2D eigenvalue weighted by molar-refractivity contribution is -0.634. The van der Waals surface area contributed by atoms with Crippen LogP contribution in [0.4, 0.5) is 0 Å². The molecular formula is C124H219NO6. The number of nitrogens with zero attached hydrogens (tertiary/aromatic N) is 1. The summed E-state index contributed by atoms with van der Waals surface area (Å²) in [6.45, 7) is 73.0. The Kier molecular flexibility index (Phi) is 30.6. The average molecular weight is 1820 g/mol. The molecule has 131 heavy (non-hydrogen) atoms. The van der Waals surface area contributed by atoms with E-state index in [1.54, 1.807) is 6.42 Å². The number of hydrogen-bond acceptors (Lipinski definition) is 7. The summed E-state index contributed by atoms with van der Waals surface area (Å²) < 4.78 is 36.1. The summed E-state index contributed by atoms with van der Waals surface area (Å²) in [5, 5.41) is 0. The summed E-state index contributed by atoms with van der Waals surface area (Å²) in [4.78, 5) is 2.62. The van der Waals surface area contributed by atoms with Crippen molar-refractivity contribution >= 4 is 0 Å². The molecule has 15 heterocycles. The Labute approximate surface area is 812 Å². The standard InChI is InChI=1S/2C13H24.C12H22O.C12H16.C11H18O2.C11H20O.2C11H20.C10H19N.2C10H18O/c1-12(2,3)13-8-4-6-11(10-13)7-5-9-13;1-12(2,3)13-8-4-5-11(6-9-13)7-10-13;1-11(2,3)12-8-4-6-10(13-12)7-5-9-12;1-11(2,3)12-8-5-4-6(8)10(12)7(4)9(5)12;1-10(2,3)11-5-7-4-8(13-11)9(6-11)12-7;1-10(2,3)11-7-4-5-9(12-11)6-8-11;1-9(2)11-6-3-10(4-7-11)5-8-11;1-9(2)11-6-3-4-10(8-11)5-7-11;1-9(2)10-3-6-11(7-4-10)8-5-10;1-8(2)10-5-3-9(4-6-10)11-7-10;1-8(2)10-5-3-9(4-6-10)7-11-10/h2*11H,4-10H2,1-3H3;10H,4-9H2,1-3H3;4-10H,1-3H3;7-9H,4-6H2,1-3H3;9H,4-8H2,1-3H3;2*9-10H,3-8H2,1-2H3;9H,3-8H2,1-2H3;2*8-9H,3-7H2,1-2H3. The smallest absolute Gasteiger partial charge is 0.0870 e. The van der Waals surface area contributed by atoms with Crippen molar-refractivity contribution in [2.24, 2.45) is 171 Å². The molecule has 7 nitrogen and oxygen atoms in total. The summed E-state index contributed by atoms with van der Waals surface area (Å²) in [6, 6.07) is 0. The second-order valence-electron chi connectivity index (χ2n) is 60.5. The number of hydrogen-bond donors (Lipinski definition) is 0. The van der Waals surface area contributed by atoms with Gasteiger partial charge in [0.05, 0.1) is 72.2 Å². The molecule has 756 valence electrons. The van der Waals surface area contributed by atoms with E-state index in [-0.39, 0.29) is 27.8 Å². The van der Waals surface area contributed by atoms with Crippen molar-refractivity contribution in [3.63, 3.8) is 0 Å². The van der Waals surface area contributed by atoms with Crippen LogP contribution < -0.4 is 0 Å². The van der Waals surface area contributed by atoms with E-state index in [1.807, 2.05) is 0 Å². The minimum atomic E-state index is 0.128. The van der Waals surface area contributed by atoms with Crippen LogP contribution in [0.2, 0.25) is 0 Å². The van der Waals surface area contributed by atoms with E-state index < -0.39 is 0 Å². The van der Waals surface area contributed by atoms with Crippen molar-refractivity contribution in [2.45, 2.75) is 580 Å². The quantitative estimate of drug-likeness (QED) is 0.272. The largest absolute Gasteiger partial charge is 0.378 e. The fourth-order valence-electron chi connectivity index (χ4n) is 37.4. The molecule has 0 N–H and O–H groups in total. The highest BCUT2D eigenvalue weighted by molar-refractivity contribution is 5.51. The van der Waals surface area contributed by atoms with Crippen LogP contribution in [-0.2, 0) is 28.4 Å². The van der Waals surface area contributed by atoms with Crippen LogP contribution in [0.3, 0.4) is 0 Å². The minimum Gasteiger partial charge on any atom is -0.378 e. The lowest BCUT2D eigenvalue weighted by Gasteiger charge is -3.09. The molecule has 33 aliphatic rings. The first-order valence-corrected chi connectivity index (χ1v) is 59.1. The molecule has 18 aliphatic carbocycles. The third kappa shape index (κ3) is 19.5. The minimum absolute atomic E-state index is 0.128. The molecule has 0 radical (unpaired) electrons. The summed E-state index contributed by atoms with van der Waals surface area (Å²) in [5.74, 6) is 18.4. The van der Waals surface area contributed by atoms with Gasteiger partial charge in [0.25, 0.3) is 0 Å². The van der Waals surface area contributed by atoms with Crippen LogP contribution in [-0.4, -0.2) is 96.8 Å². The predicted octanol–water partition coefficient (Wildman–Crippen LogP) is 34.5. The van der Waals surface area contributed by atoms with Crippen LogP contribution in [0.15, 0.2) is 0 Å². The van der Waals surface area contributed by atoms with Gasteiger partial charge in [-0.2, -0.15) is 0 Å². The fourth-order valence-corrected chi connectivity index (χ4v) is 37.4. The van der Waals surface area contributed by atoms with E-state index in [2.05, 4.69) is 199 Å². The highest BCUT2D eigenvalue weighted by atomic mass is 16.6. The van der Waals surface area contributed by atoms with Crippen LogP contribution >= 0.6 is 0 Å². The van der Waals surface area contributed by atoms with E-state index in [0.717, 1.165) is 107 Å². The van der Waals surface area contributed by atoms with Crippen molar-refractivity contribution < 1.29 is 28.4 Å². The topological polar surface area (TPSA) is 58.6 Å². The normalized spacial score (nSPS) is 47.0. The van der Waals surface area contributed by atoms with Crippen molar-refractivity contribution in [3.8, 4) is 0 Å². The van der Waals surface area contributed by atoms with E-state index in [4.69, 9.17) is 28.4 Å². The third-order valence-electron chi connectivity index (χ3n) is 48.3. The molecule has 0 aromatic heterocycles. The van der Waals surface area contributed by atoms with E-state index in [9.17, 15) is 0 Å². The lowest BCUT2D eigenvalue weighted by atomic mass is 8.94. The first-order valence-electron chi connectivity index (χ1n) is 59.1. The summed E-state index contributed by atoms with van der Waals surface area (Å²) >= 11 is 0. The maximum absolute atomic E-state index is 6.27. The zero-order valence-electron chi connectivity index (χ0n) is 92.3. The molecule has 7 heteroatoms. The van der Waals surface area contributed by atoms with Crippen LogP contribution in [0, 0.1) is 171 Å². The molecule has 8 atom stereocenters. The summed E-state index contributed by atoms with van der Waals surface area (Å²) in [6.07, 6.45) is 76.0. The van der Waals surface area contributed by atoms with Gasteiger partial charge in [-0.1, -0.05) is 245 Å². The maximum atomic E-state index is 6.27. The van der Waals surface area contributed by atoms with Crippen LogP contribution in [0.5, 0.6) is 0 Å². The van der Waals surface area contributed by atoms with Gasteiger partial charge in [-0.25, -0.2) is 0 Å². The highest BCUT2D eigenvalue weighted by Gasteiger charge is 3.05. The van der Waals surface area contributed by atoms with Gasteiger partial charge in [-0.3, -0.25) is 0 Å². The monoisotopic (exact) mass is 1820 g/mol. The van der Waals surface area contributed by atoms with Crippen LogP contribution in [0.25, 0.3) is 0 Å². The van der Waals surface area contributed by atoms with E-state index in [1.165, 1.54) is 363 Å². The second-order valence-corrected chi connectivity index (χ2v) is 60.5. The van der Waals surface area contributed by atoms with Crippen molar-refractivity contribution in [1.82, 2.24) is 4.90 Å². The molecule has 33 fully saturated rings. The second kappa shape index (κ2) is 38.7. The number of rotatable bonds is 5. The van der Waals surface area contributed by atoms with E-state index >= 15 is 0 Å². The predicted molar refractivity (Wildman–Crippen MR) is 552 cm³/mol. The number of piperidine rings is 3. The molecule has 33 rings (SSSR count). The Morgan fingerprint density at radius 1 is 0.267 bits per heavy atom. The Bertz CT molecular complexity index is 3210. The molecule has 18 saturated carbocycles. The molecule has 0 amide bonds. The van der Waals surface area contributed by atoms with Gasteiger partial charge in [-0.15, -0.1) is 0 Å². The van der Waals surface area contributed by atoms with Crippen LogP contribution in [0.1, 0.15) is 521 Å². The Morgan fingerprint density at radius 2 is 0.664 bits per heavy atom. The summed E-state index contributed by atoms with van der Waals surface area (Å²) in [7, 11) is 0. The molecule has 15 saturated heterocycles. The molecule has 8 unspecified atom stereocenters. The number of fused-ring (bicyclic) bond motifs is 24. The third-order valence-corrected chi connectivity index (χ3v) is 48.3. The molecular weight excluding hydrogens is 1600 g/mol. The zero-order valence-corrected chi connectivity index (χ0v) is 92.3. The van der Waals surface area contributed by atoms with Gasteiger partial charge in [-0.05, 0) is 447 Å². The summed E-state index contributed by atoms with van der Waals surface area (Å²) in [5.41, 5.74) is 8.74. The fraction of sp³-hybridized carbons (Fsp3) is 1.00. The molecule has 22 bridgehead atoms. The molecule has 0 aromatic carbocycles.